The van der Waals surface area contributed by atoms with Gasteiger partial charge in [-0.3, -0.25) is 4.90 Å². The molecule has 1 aromatic rings. The first-order valence-electron chi connectivity index (χ1n) is 7.98. The van der Waals surface area contributed by atoms with Crippen LogP contribution in [0.5, 0.6) is 0 Å². The first kappa shape index (κ1) is 14.0. The lowest BCUT2D eigenvalue weighted by atomic mass is 10.1. The highest BCUT2D eigenvalue weighted by atomic mass is 19.1. The molecule has 2 unspecified atom stereocenters. The standard InChI is InChI=1S/C17H25FN2/c1-2-7-19-10-13-4-6-17(18)15(8-13)12-20-11-14-3-5-16(20)9-14/h4,6,8,14,16,19H,2-3,5,7,9-12H2,1H3. The van der Waals surface area contributed by atoms with Crippen LogP contribution in [0, 0.1) is 11.7 Å². The Balaban J connectivity index is 1.64. The second-order valence-corrected chi connectivity index (χ2v) is 6.36. The Bertz CT molecular complexity index is 460. The zero-order chi connectivity index (χ0) is 13.9. The van der Waals surface area contributed by atoms with Crippen LogP contribution in [0.1, 0.15) is 43.7 Å². The molecule has 2 nitrogen and oxygen atoms in total. The van der Waals surface area contributed by atoms with Crippen molar-refractivity contribution in [2.45, 2.75) is 51.7 Å². The Morgan fingerprint density at radius 3 is 2.95 bits per heavy atom. The number of halogens is 1. The number of nitrogens with zero attached hydrogens (tertiary/aromatic N) is 1. The number of likely N-dealkylation sites (tertiary alicyclic amines) is 1. The maximum absolute atomic E-state index is 14.0. The molecule has 0 radical (unpaired) electrons. The van der Waals surface area contributed by atoms with E-state index in [1.165, 1.54) is 31.4 Å². The van der Waals surface area contributed by atoms with Crippen LogP contribution in [0.25, 0.3) is 0 Å². The lowest BCUT2D eigenvalue weighted by Crippen LogP contribution is -2.31. The van der Waals surface area contributed by atoms with Crippen molar-refractivity contribution >= 4 is 0 Å². The average Bonchev–Trinajstić information content (AvgIpc) is 3.05. The number of fused-ring (bicyclic) bond motifs is 2. The first-order chi connectivity index (χ1) is 9.76. The van der Waals surface area contributed by atoms with Gasteiger partial charge in [-0.2, -0.15) is 0 Å². The Morgan fingerprint density at radius 1 is 1.35 bits per heavy atom. The van der Waals surface area contributed by atoms with E-state index in [9.17, 15) is 4.39 Å². The molecule has 2 bridgehead atoms. The second kappa shape index (κ2) is 6.23. The van der Waals surface area contributed by atoms with Gasteiger partial charge in [-0.1, -0.05) is 19.1 Å². The van der Waals surface area contributed by atoms with Gasteiger partial charge in [0.1, 0.15) is 5.82 Å². The van der Waals surface area contributed by atoms with Gasteiger partial charge in [-0.25, -0.2) is 4.39 Å². The molecule has 3 heteroatoms. The third kappa shape index (κ3) is 3.04. The Morgan fingerprint density at radius 2 is 2.25 bits per heavy atom. The van der Waals surface area contributed by atoms with E-state index in [2.05, 4.69) is 17.1 Å². The number of hydrogen-bond acceptors (Lipinski definition) is 2. The summed E-state index contributed by atoms with van der Waals surface area (Å²) >= 11 is 0. The molecule has 2 aliphatic rings. The summed E-state index contributed by atoms with van der Waals surface area (Å²) in [5.41, 5.74) is 2.06. The monoisotopic (exact) mass is 276 g/mol. The van der Waals surface area contributed by atoms with Crippen molar-refractivity contribution in [3.05, 3.63) is 35.1 Å². The predicted octanol–water partition coefficient (Wildman–Crippen LogP) is 3.31. The number of piperidine rings is 1. The normalized spacial score (nSPS) is 25.5. The van der Waals surface area contributed by atoms with E-state index >= 15 is 0 Å². The van der Waals surface area contributed by atoms with Crippen molar-refractivity contribution in [2.24, 2.45) is 5.92 Å². The molecule has 1 aliphatic heterocycles. The fourth-order valence-electron chi connectivity index (χ4n) is 3.71. The minimum absolute atomic E-state index is 0.0491. The maximum atomic E-state index is 14.0. The number of nitrogens with one attached hydrogen (secondary N) is 1. The molecule has 1 heterocycles. The minimum Gasteiger partial charge on any atom is -0.313 e. The lowest BCUT2D eigenvalue weighted by molar-refractivity contribution is 0.203. The van der Waals surface area contributed by atoms with Crippen LogP contribution in [-0.2, 0) is 13.1 Å². The van der Waals surface area contributed by atoms with E-state index in [4.69, 9.17) is 0 Å². The zero-order valence-electron chi connectivity index (χ0n) is 12.4. The van der Waals surface area contributed by atoms with E-state index in [0.29, 0.717) is 6.04 Å². The molecule has 2 atom stereocenters. The van der Waals surface area contributed by atoms with Crippen molar-refractivity contribution in [1.82, 2.24) is 10.2 Å². The van der Waals surface area contributed by atoms with Gasteiger partial charge in [0.05, 0.1) is 0 Å². The van der Waals surface area contributed by atoms with Gasteiger partial charge in [-0.15, -0.1) is 0 Å². The summed E-state index contributed by atoms with van der Waals surface area (Å²) in [7, 11) is 0. The third-order valence-corrected chi connectivity index (χ3v) is 4.76. The topological polar surface area (TPSA) is 15.3 Å². The fraction of sp³-hybridized carbons (Fsp3) is 0.647. The van der Waals surface area contributed by atoms with Gasteiger partial charge in [-0.05, 0) is 49.8 Å². The zero-order valence-corrected chi connectivity index (χ0v) is 12.4. The van der Waals surface area contributed by atoms with Gasteiger partial charge >= 0.3 is 0 Å². The van der Waals surface area contributed by atoms with Crippen molar-refractivity contribution in [1.29, 1.82) is 0 Å². The average molecular weight is 276 g/mol. The molecule has 1 aliphatic carbocycles. The highest BCUT2D eigenvalue weighted by Crippen LogP contribution is 2.38. The van der Waals surface area contributed by atoms with E-state index in [-0.39, 0.29) is 5.82 Å². The maximum Gasteiger partial charge on any atom is 0.127 e. The quantitative estimate of drug-likeness (QED) is 0.802. The van der Waals surface area contributed by atoms with Crippen LogP contribution < -0.4 is 5.32 Å². The summed E-state index contributed by atoms with van der Waals surface area (Å²) in [6.45, 7) is 5.97. The molecule has 110 valence electrons. The molecule has 1 saturated carbocycles. The van der Waals surface area contributed by atoms with Crippen LogP contribution in [0.3, 0.4) is 0 Å². The number of hydrogen-bond donors (Lipinski definition) is 1. The third-order valence-electron chi connectivity index (χ3n) is 4.76. The largest absolute Gasteiger partial charge is 0.313 e. The van der Waals surface area contributed by atoms with E-state index in [1.54, 1.807) is 6.07 Å². The van der Waals surface area contributed by atoms with Crippen LogP contribution in [-0.4, -0.2) is 24.0 Å². The van der Waals surface area contributed by atoms with Gasteiger partial charge in [0.2, 0.25) is 0 Å². The summed E-state index contributed by atoms with van der Waals surface area (Å²) in [5.74, 6) is 0.824. The summed E-state index contributed by atoms with van der Waals surface area (Å²) in [6, 6.07) is 6.29. The van der Waals surface area contributed by atoms with E-state index in [0.717, 1.165) is 37.5 Å². The molecule has 1 aromatic carbocycles. The van der Waals surface area contributed by atoms with Crippen LogP contribution in [0.15, 0.2) is 18.2 Å². The van der Waals surface area contributed by atoms with Crippen LogP contribution >= 0.6 is 0 Å². The summed E-state index contributed by atoms with van der Waals surface area (Å²) in [6.07, 6.45) is 5.15. The molecule has 1 N–H and O–H groups in total. The summed E-state index contributed by atoms with van der Waals surface area (Å²) in [4.78, 5) is 2.48. The highest BCUT2D eigenvalue weighted by Gasteiger charge is 2.37. The molecule has 2 fully saturated rings. The Hall–Kier alpha value is -0.930. The Kier molecular flexibility index (Phi) is 4.37. The molecular formula is C17H25FN2. The van der Waals surface area contributed by atoms with Gasteiger partial charge < -0.3 is 5.32 Å². The van der Waals surface area contributed by atoms with Gasteiger partial charge in [0.25, 0.3) is 0 Å². The smallest absolute Gasteiger partial charge is 0.127 e. The molecule has 0 spiro atoms. The van der Waals surface area contributed by atoms with Crippen LogP contribution in [0.2, 0.25) is 0 Å². The van der Waals surface area contributed by atoms with E-state index in [1.807, 2.05) is 12.1 Å². The highest BCUT2D eigenvalue weighted by molar-refractivity contribution is 5.25. The van der Waals surface area contributed by atoms with Crippen molar-refractivity contribution < 1.29 is 4.39 Å². The number of benzene rings is 1. The SMILES string of the molecule is CCCNCc1ccc(F)c(CN2CC3CCC2C3)c1. The minimum atomic E-state index is -0.0491. The summed E-state index contributed by atoms with van der Waals surface area (Å²) < 4.78 is 14.0. The molecule has 1 saturated heterocycles. The lowest BCUT2D eigenvalue weighted by Gasteiger charge is -2.27. The van der Waals surface area contributed by atoms with Gasteiger partial charge in [0.15, 0.2) is 0 Å². The predicted molar refractivity (Wildman–Crippen MR) is 79.9 cm³/mol. The summed E-state index contributed by atoms with van der Waals surface area (Å²) in [5, 5.41) is 3.38. The molecule has 0 aromatic heterocycles. The Labute approximate surface area is 121 Å². The molecule has 20 heavy (non-hydrogen) atoms. The van der Waals surface area contributed by atoms with Crippen molar-refractivity contribution in [3.8, 4) is 0 Å². The van der Waals surface area contributed by atoms with Gasteiger partial charge in [0, 0.05) is 31.2 Å². The molecule has 3 rings (SSSR count). The first-order valence-corrected chi connectivity index (χ1v) is 7.98. The molecule has 0 amide bonds. The fourth-order valence-corrected chi connectivity index (χ4v) is 3.71. The molecular weight excluding hydrogens is 251 g/mol. The van der Waals surface area contributed by atoms with Crippen molar-refractivity contribution in [3.63, 3.8) is 0 Å². The number of rotatable bonds is 6. The van der Waals surface area contributed by atoms with Crippen LogP contribution in [0.4, 0.5) is 4.39 Å². The van der Waals surface area contributed by atoms with E-state index < -0.39 is 0 Å². The second-order valence-electron chi connectivity index (χ2n) is 6.36. The van der Waals surface area contributed by atoms with Crippen molar-refractivity contribution in [2.75, 3.05) is 13.1 Å².